The number of anilines is 2. The third-order valence-electron chi connectivity index (χ3n) is 2.79. The first kappa shape index (κ1) is 14.3. The van der Waals surface area contributed by atoms with Gasteiger partial charge in [0.05, 0.1) is 5.69 Å². The maximum Gasteiger partial charge on any atom is 0.224 e. The minimum absolute atomic E-state index is 0.0927. The van der Waals surface area contributed by atoms with Gasteiger partial charge in [-0.1, -0.05) is 23.7 Å². The molecule has 0 fully saturated rings. The quantitative estimate of drug-likeness (QED) is 0.846. The lowest BCUT2D eigenvalue weighted by Gasteiger charge is -2.07. The Kier molecular flexibility index (Phi) is 4.58. The third-order valence-corrected chi connectivity index (χ3v) is 3.03. The Balaban J connectivity index is 1.94. The molecule has 0 saturated heterocycles. The van der Waals surface area contributed by atoms with Crippen molar-refractivity contribution in [3.05, 3.63) is 58.9 Å². The van der Waals surface area contributed by atoms with Crippen molar-refractivity contribution in [2.75, 3.05) is 11.1 Å². The molecule has 0 aliphatic rings. The lowest BCUT2D eigenvalue weighted by Crippen LogP contribution is -2.13. The van der Waals surface area contributed by atoms with Crippen LogP contribution in [0.1, 0.15) is 12.0 Å². The van der Waals surface area contributed by atoms with Crippen molar-refractivity contribution in [3.63, 3.8) is 0 Å². The van der Waals surface area contributed by atoms with Gasteiger partial charge in [-0.15, -0.1) is 0 Å². The number of nitrogen functional groups attached to an aromatic ring is 1. The highest BCUT2D eigenvalue weighted by Gasteiger charge is 2.08. The largest absolute Gasteiger partial charge is 0.399 e. The lowest BCUT2D eigenvalue weighted by molar-refractivity contribution is -0.116. The number of nitrogens with two attached hydrogens (primary N) is 1. The average molecular weight is 293 g/mol. The number of hydrogen-bond donors (Lipinski definition) is 2. The summed E-state index contributed by atoms with van der Waals surface area (Å²) in [5.74, 6) is -0.778. The van der Waals surface area contributed by atoms with E-state index in [2.05, 4.69) is 5.32 Å². The van der Waals surface area contributed by atoms with Crippen LogP contribution in [0.2, 0.25) is 5.02 Å². The summed E-state index contributed by atoms with van der Waals surface area (Å²) < 4.78 is 13.5. The van der Waals surface area contributed by atoms with Crippen LogP contribution in [-0.4, -0.2) is 5.91 Å². The molecule has 3 N–H and O–H groups in total. The van der Waals surface area contributed by atoms with Gasteiger partial charge in [-0.3, -0.25) is 4.79 Å². The highest BCUT2D eigenvalue weighted by molar-refractivity contribution is 6.30. The van der Waals surface area contributed by atoms with Crippen LogP contribution < -0.4 is 11.1 Å². The second-order valence-electron chi connectivity index (χ2n) is 4.42. The zero-order valence-electron chi connectivity index (χ0n) is 10.7. The summed E-state index contributed by atoms with van der Waals surface area (Å²) in [5.41, 5.74) is 7.37. The van der Waals surface area contributed by atoms with Gasteiger partial charge in [-0.25, -0.2) is 4.39 Å². The zero-order chi connectivity index (χ0) is 14.5. The Hall–Kier alpha value is -2.07. The molecular formula is C15H14ClFN2O. The maximum absolute atomic E-state index is 13.5. The minimum Gasteiger partial charge on any atom is -0.399 e. The van der Waals surface area contributed by atoms with Crippen LogP contribution >= 0.6 is 11.6 Å². The van der Waals surface area contributed by atoms with E-state index in [1.165, 1.54) is 18.2 Å². The number of aryl methyl sites for hydroxylation is 1. The van der Waals surface area contributed by atoms with E-state index >= 15 is 0 Å². The summed E-state index contributed by atoms with van der Waals surface area (Å²) >= 11 is 5.76. The van der Waals surface area contributed by atoms with Crippen molar-refractivity contribution >= 4 is 28.9 Å². The molecule has 0 bridgehead atoms. The summed E-state index contributed by atoms with van der Waals surface area (Å²) in [6, 6.07) is 11.4. The van der Waals surface area contributed by atoms with Crippen LogP contribution in [0.4, 0.5) is 15.8 Å². The van der Waals surface area contributed by atoms with Gasteiger partial charge in [0.2, 0.25) is 5.91 Å². The van der Waals surface area contributed by atoms with Gasteiger partial charge in [0.1, 0.15) is 5.82 Å². The van der Waals surface area contributed by atoms with Gasteiger partial charge in [0.25, 0.3) is 0 Å². The lowest BCUT2D eigenvalue weighted by atomic mass is 10.1. The van der Waals surface area contributed by atoms with E-state index in [4.69, 9.17) is 17.3 Å². The predicted octanol–water partition coefficient (Wildman–Crippen LogP) is 3.63. The normalized spacial score (nSPS) is 10.3. The molecule has 0 unspecified atom stereocenters. The molecule has 1 amide bonds. The molecule has 0 heterocycles. The van der Waals surface area contributed by atoms with Crippen LogP contribution in [-0.2, 0) is 11.2 Å². The highest BCUT2D eigenvalue weighted by atomic mass is 35.5. The first-order valence-electron chi connectivity index (χ1n) is 6.14. The number of rotatable bonds is 4. The predicted molar refractivity (Wildman–Crippen MR) is 79.2 cm³/mol. The molecule has 20 heavy (non-hydrogen) atoms. The van der Waals surface area contributed by atoms with Crippen molar-refractivity contribution in [2.24, 2.45) is 0 Å². The summed E-state index contributed by atoms with van der Waals surface area (Å²) in [4.78, 5) is 11.8. The second-order valence-corrected chi connectivity index (χ2v) is 4.85. The van der Waals surface area contributed by atoms with E-state index < -0.39 is 5.82 Å². The molecule has 104 valence electrons. The Labute approximate surface area is 121 Å². The van der Waals surface area contributed by atoms with Gasteiger partial charge in [-0.2, -0.15) is 0 Å². The summed E-state index contributed by atoms with van der Waals surface area (Å²) in [6.45, 7) is 0. The van der Waals surface area contributed by atoms with Crippen molar-refractivity contribution < 1.29 is 9.18 Å². The molecule has 0 aliphatic heterocycles. The molecule has 0 radical (unpaired) electrons. The number of carbonyl (C=O) groups is 1. The Bertz CT molecular complexity index is 631. The van der Waals surface area contributed by atoms with Gasteiger partial charge < -0.3 is 11.1 Å². The van der Waals surface area contributed by atoms with Crippen LogP contribution in [0.3, 0.4) is 0 Å². The molecular weight excluding hydrogens is 279 g/mol. The zero-order valence-corrected chi connectivity index (χ0v) is 11.5. The molecule has 0 aromatic heterocycles. The van der Waals surface area contributed by atoms with Crippen molar-refractivity contribution in [2.45, 2.75) is 12.8 Å². The average Bonchev–Trinajstić information content (AvgIpc) is 2.41. The van der Waals surface area contributed by atoms with Crippen LogP contribution in [0.25, 0.3) is 0 Å². The summed E-state index contributed by atoms with van der Waals surface area (Å²) in [6.07, 6.45) is 0.786. The molecule has 2 aromatic rings. The van der Waals surface area contributed by atoms with Crippen molar-refractivity contribution in [3.8, 4) is 0 Å². The molecule has 0 saturated carbocycles. The molecule has 0 atom stereocenters. The number of benzene rings is 2. The SMILES string of the molecule is Nc1cccc(CCC(=O)Nc2cc(Cl)ccc2F)c1. The van der Waals surface area contributed by atoms with Crippen LogP contribution in [0.5, 0.6) is 0 Å². The molecule has 2 aromatic carbocycles. The number of amides is 1. The molecule has 0 aliphatic carbocycles. The first-order valence-corrected chi connectivity index (χ1v) is 6.52. The number of carbonyl (C=O) groups excluding carboxylic acids is 1. The van der Waals surface area contributed by atoms with Crippen LogP contribution in [0, 0.1) is 5.82 Å². The van der Waals surface area contributed by atoms with Crippen LogP contribution in [0.15, 0.2) is 42.5 Å². The van der Waals surface area contributed by atoms with E-state index in [1.54, 1.807) is 6.07 Å². The Morgan fingerprint density at radius 3 is 2.80 bits per heavy atom. The third kappa shape index (κ3) is 3.96. The van der Waals surface area contributed by atoms with Crippen molar-refractivity contribution in [1.29, 1.82) is 0 Å². The standard InChI is InChI=1S/C15H14ClFN2O/c16-11-5-6-13(17)14(9-11)19-15(20)7-4-10-2-1-3-12(18)8-10/h1-3,5-6,8-9H,4,7,18H2,(H,19,20). The molecule has 0 spiro atoms. The van der Waals surface area contributed by atoms with E-state index in [0.29, 0.717) is 17.1 Å². The first-order chi connectivity index (χ1) is 9.54. The number of nitrogens with one attached hydrogen (secondary N) is 1. The van der Waals surface area contributed by atoms with Crippen molar-refractivity contribution in [1.82, 2.24) is 0 Å². The minimum atomic E-state index is -0.508. The van der Waals surface area contributed by atoms with Gasteiger partial charge in [-0.05, 0) is 42.3 Å². The number of halogens is 2. The second kappa shape index (κ2) is 6.39. The Morgan fingerprint density at radius 1 is 1.25 bits per heavy atom. The Morgan fingerprint density at radius 2 is 2.05 bits per heavy atom. The monoisotopic (exact) mass is 292 g/mol. The maximum atomic E-state index is 13.5. The van der Waals surface area contributed by atoms with E-state index in [1.807, 2.05) is 18.2 Å². The van der Waals surface area contributed by atoms with Gasteiger partial charge in [0.15, 0.2) is 0 Å². The fourth-order valence-corrected chi connectivity index (χ4v) is 1.98. The van der Waals surface area contributed by atoms with Gasteiger partial charge in [0, 0.05) is 17.1 Å². The van der Waals surface area contributed by atoms with E-state index in [0.717, 1.165) is 5.56 Å². The molecule has 3 nitrogen and oxygen atoms in total. The highest BCUT2D eigenvalue weighted by Crippen LogP contribution is 2.20. The van der Waals surface area contributed by atoms with Gasteiger partial charge >= 0.3 is 0 Å². The fourth-order valence-electron chi connectivity index (χ4n) is 1.81. The fraction of sp³-hybridized carbons (Fsp3) is 0.133. The smallest absolute Gasteiger partial charge is 0.224 e. The topological polar surface area (TPSA) is 55.1 Å². The number of hydrogen-bond acceptors (Lipinski definition) is 2. The molecule has 5 heteroatoms. The van der Waals surface area contributed by atoms with E-state index in [9.17, 15) is 9.18 Å². The molecule has 2 rings (SSSR count). The summed E-state index contributed by atoms with van der Waals surface area (Å²) in [5, 5.41) is 2.88. The summed E-state index contributed by atoms with van der Waals surface area (Å²) in [7, 11) is 0. The van der Waals surface area contributed by atoms with E-state index in [-0.39, 0.29) is 18.0 Å².